The molecular formula is C14H25ClN2O2. The van der Waals surface area contributed by atoms with Gasteiger partial charge in [-0.25, -0.2) is 0 Å². The maximum Gasteiger partial charge on any atom is 0.243 e. The second-order valence-electron chi connectivity index (χ2n) is 6.63. The number of nitrogens with two attached hydrogens (primary N) is 1. The standard InChI is InChI=1S/C14H24N2O2.ClH/c1-13(2)11-10(6-5-9-18-11)14(13,15)12(17)16-7-3-4-8-16;/h10-11H,3-9,15H2,1-2H3;1H. The van der Waals surface area contributed by atoms with Gasteiger partial charge in [-0.1, -0.05) is 13.8 Å². The highest BCUT2D eigenvalue weighted by Gasteiger charge is 2.70. The van der Waals surface area contributed by atoms with E-state index in [1.54, 1.807) is 0 Å². The zero-order valence-corrected chi connectivity index (χ0v) is 12.7. The van der Waals surface area contributed by atoms with Crippen LogP contribution < -0.4 is 5.73 Å². The normalized spacial score (nSPS) is 40.1. The summed E-state index contributed by atoms with van der Waals surface area (Å²) in [5, 5.41) is 0. The third-order valence-electron chi connectivity index (χ3n) is 5.43. The summed E-state index contributed by atoms with van der Waals surface area (Å²) >= 11 is 0. The first-order chi connectivity index (χ1) is 8.49. The minimum absolute atomic E-state index is 0. The van der Waals surface area contributed by atoms with Crippen molar-refractivity contribution in [2.24, 2.45) is 17.1 Å². The van der Waals surface area contributed by atoms with Crippen molar-refractivity contribution in [3.63, 3.8) is 0 Å². The van der Waals surface area contributed by atoms with Crippen molar-refractivity contribution in [1.29, 1.82) is 0 Å². The van der Waals surface area contributed by atoms with Gasteiger partial charge in [0.15, 0.2) is 0 Å². The van der Waals surface area contributed by atoms with Gasteiger partial charge in [-0.3, -0.25) is 4.79 Å². The molecule has 0 aromatic rings. The van der Waals surface area contributed by atoms with Crippen LogP contribution >= 0.6 is 12.4 Å². The molecule has 3 aliphatic rings. The van der Waals surface area contributed by atoms with Crippen LogP contribution in [-0.4, -0.2) is 42.1 Å². The molecule has 3 fully saturated rings. The molecule has 4 nitrogen and oxygen atoms in total. The number of hydrogen-bond donors (Lipinski definition) is 1. The number of likely N-dealkylation sites (tertiary alicyclic amines) is 1. The Morgan fingerprint density at radius 3 is 2.53 bits per heavy atom. The highest BCUT2D eigenvalue weighted by Crippen LogP contribution is 2.58. The molecule has 0 aromatic heterocycles. The van der Waals surface area contributed by atoms with Crippen molar-refractivity contribution in [1.82, 2.24) is 4.90 Å². The lowest BCUT2D eigenvalue weighted by Gasteiger charge is -2.65. The minimum atomic E-state index is -0.706. The Morgan fingerprint density at radius 2 is 1.89 bits per heavy atom. The Labute approximate surface area is 121 Å². The molecule has 0 aromatic carbocycles. The van der Waals surface area contributed by atoms with Crippen LogP contribution in [0.5, 0.6) is 0 Å². The van der Waals surface area contributed by atoms with Gasteiger partial charge in [0.1, 0.15) is 5.54 Å². The predicted octanol–water partition coefficient (Wildman–Crippen LogP) is 1.56. The van der Waals surface area contributed by atoms with Crippen LogP contribution in [0.25, 0.3) is 0 Å². The number of fused-ring (bicyclic) bond motifs is 1. The molecule has 0 bridgehead atoms. The SMILES string of the molecule is CC1(C)C2OCCCC2C1(N)C(=O)N1CCCC1.Cl. The molecule has 1 saturated carbocycles. The fourth-order valence-corrected chi connectivity index (χ4v) is 4.19. The van der Waals surface area contributed by atoms with Gasteiger partial charge in [-0.2, -0.15) is 0 Å². The van der Waals surface area contributed by atoms with E-state index in [1.165, 1.54) is 0 Å². The Bertz CT molecular complexity index is 368. The van der Waals surface area contributed by atoms with E-state index in [0.29, 0.717) is 0 Å². The van der Waals surface area contributed by atoms with Crippen LogP contribution in [0.3, 0.4) is 0 Å². The maximum absolute atomic E-state index is 12.8. The van der Waals surface area contributed by atoms with Crippen LogP contribution in [0.15, 0.2) is 0 Å². The van der Waals surface area contributed by atoms with Crippen molar-refractivity contribution in [3.05, 3.63) is 0 Å². The van der Waals surface area contributed by atoms with E-state index in [1.807, 2.05) is 4.90 Å². The number of halogens is 1. The number of nitrogens with zero attached hydrogens (tertiary/aromatic N) is 1. The summed E-state index contributed by atoms with van der Waals surface area (Å²) in [5.41, 5.74) is 5.64. The Balaban J connectivity index is 0.00000133. The number of amides is 1. The number of carbonyl (C=O) groups is 1. The number of hydrogen-bond acceptors (Lipinski definition) is 3. The third kappa shape index (κ3) is 1.83. The highest BCUT2D eigenvalue weighted by molar-refractivity contribution is 5.89. The molecule has 2 saturated heterocycles. The van der Waals surface area contributed by atoms with Gasteiger partial charge >= 0.3 is 0 Å². The van der Waals surface area contributed by atoms with E-state index in [-0.39, 0.29) is 35.8 Å². The fraction of sp³-hybridized carbons (Fsp3) is 0.929. The zero-order chi connectivity index (χ0) is 13.0. The first-order valence-electron chi connectivity index (χ1n) is 7.19. The average Bonchev–Trinajstić information content (AvgIpc) is 2.90. The van der Waals surface area contributed by atoms with Gasteiger partial charge in [0.25, 0.3) is 0 Å². The van der Waals surface area contributed by atoms with Gasteiger partial charge in [0, 0.05) is 31.0 Å². The van der Waals surface area contributed by atoms with Gasteiger partial charge in [0.05, 0.1) is 6.10 Å². The van der Waals surface area contributed by atoms with Crippen molar-refractivity contribution in [2.45, 2.75) is 51.2 Å². The summed E-state index contributed by atoms with van der Waals surface area (Å²) < 4.78 is 5.85. The predicted molar refractivity (Wildman–Crippen MR) is 76.2 cm³/mol. The number of carbonyl (C=O) groups excluding carboxylic acids is 1. The topological polar surface area (TPSA) is 55.6 Å². The second kappa shape index (κ2) is 4.90. The fourth-order valence-electron chi connectivity index (χ4n) is 4.19. The van der Waals surface area contributed by atoms with Crippen LogP contribution in [0.4, 0.5) is 0 Å². The minimum Gasteiger partial charge on any atom is -0.377 e. The van der Waals surface area contributed by atoms with Crippen LogP contribution in [0.2, 0.25) is 0 Å². The molecular weight excluding hydrogens is 264 g/mol. The van der Waals surface area contributed by atoms with Crippen LogP contribution in [0, 0.1) is 11.3 Å². The molecule has 2 aliphatic heterocycles. The highest BCUT2D eigenvalue weighted by atomic mass is 35.5. The van der Waals surface area contributed by atoms with Gasteiger partial charge in [-0.15, -0.1) is 12.4 Å². The summed E-state index contributed by atoms with van der Waals surface area (Å²) in [7, 11) is 0. The lowest BCUT2D eigenvalue weighted by Crippen LogP contribution is -2.82. The van der Waals surface area contributed by atoms with Gasteiger partial charge in [0.2, 0.25) is 5.91 Å². The lowest BCUT2D eigenvalue weighted by atomic mass is 9.46. The van der Waals surface area contributed by atoms with E-state index in [4.69, 9.17) is 10.5 Å². The summed E-state index contributed by atoms with van der Waals surface area (Å²) in [6, 6.07) is 0. The number of rotatable bonds is 1. The van der Waals surface area contributed by atoms with Crippen molar-refractivity contribution >= 4 is 18.3 Å². The molecule has 3 unspecified atom stereocenters. The van der Waals surface area contributed by atoms with Crippen LogP contribution in [-0.2, 0) is 9.53 Å². The molecule has 1 aliphatic carbocycles. The third-order valence-corrected chi connectivity index (χ3v) is 5.43. The van der Waals surface area contributed by atoms with E-state index in [2.05, 4.69) is 13.8 Å². The Hall–Kier alpha value is -0.320. The van der Waals surface area contributed by atoms with Crippen molar-refractivity contribution in [2.75, 3.05) is 19.7 Å². The lowest BCUT2D eigenvalue weighted by molar-refractivity contribution is -0.229. The largest absolute Gasteiger partial charge is 0.377 e. The molecule has 2 heterocycles. The molecule has 0 radical (unpaired) electrons. The Kier molecular flexibility index (Phi) is 3.89. The maximum atomic E-state index is 12.8. The summed E-state index contributed by atoms with van der Waals surface area (Å²) in [6.45, 7) is 6.76. The molecule has 5 heteroatoms. The molecule has 3 rings (SSSR count). The molecule has 19 heavy (non-hydrogen) atoms. The van der Waals surface area contributed by atoms with E-state index in [0.717, 1.165) is 45.4 Å². The molecule has 0 spiro atoms. The van der Waals surface area contributed by atoms with Crippen molar-refractivity contribution < 1.29 is 9.53 Å². The number of ether oxygens (including phenoxy) is 1. The average molecular weight is 289 g/mol. The monoisotopic (exact) mass is 288 g/mol. The first kappa shape index (κ1) is 15.1. The first-order valence-corrected chi connectivity index (χ1v) is 7.19. The Morgan fingerprint density at radius 1 is 1.26 bits per heavy atom. The quantitative estimate of drug-likeness (QED) is 0.797. The summed E-state index contributed by atoms with van der Waals surface area (Å²) in [5.74, 6) is 0.381. The van der Waals surface area contributed by atoms with Crippen molar-refractivity contribution in [3.8, 4) is 0 Å². The smallest absolute Gasteiger partial charge is 0.243 e. The van der Waals surface area contributed by atoms with Crippen LogP contribution in [0.1, 0.15) is 39.5 Å². The zero-order valence-electron chi connectivity index (χ0n) is 11.9. The van der Waals surface area contributed by atoms with Gasteiger partial charge in [-0.05, 0) is 25.7 Å². The van der Waals surface area contributed by atoms with E-state index < -0.39 is 5.54 Å². The molecule has 1 amide bonds. The van der Waals surface area contributed by atoms with E-state index >= 15 is 0 Å². The summed E-state index contributed by atoms with van der Waals surface area (Å²) in [4.78, 5) is 14.7. The van der Waals surface area contributed by atoms with Gasteiger partial charge < -0.3 is 15.4 Å². The summed E-state index contributed by atoms with van der Waals surface area (Å²) in [6.07, 6.45) is 4.47. The molecule has 3 atom stereocenters. The second-order valence-corrected chi connectivity index (χ2v) is 6.63. The molecule has 2 N–H and O–H groups in total. The molecule has 110 valence electrons. The van der Waals surface area contributed by atoms with E-state index in [9.17, 15) is 4.79 Å².